The molecular weight excluding hydrogens is 426 g/mol. The third kappa shape index (κ3) is 6.18. The molecule has 7 nitrogen and oxygen atoms in total. The van der Waals surface area contributed by atoms with Crippen LogP contribution in [0.15, 0.2) is 29.2 Å². The number of nitrogens with zero attached hydrogens (tertiary/aromatic N) is 1. The number of carbonyl (C=O) groups is 2. The topological polar surface area (TPSA) is 95.6 Å². The fourth-order valence-corrected chi connectivity index (χ4v) is 5.70. The largest absolute Gasteiger partial charge is 0.355 e. The standard InChI is InChI=1S/C21H30ClN3O4S/c22-17-6-8-19(9-7-17)30(28,29)25-14-11-16(12-15-25)21(27)23-13-10-20(26)24-18-4-2-1-3-5-18/h6-9,16,18H,1-5,10-15H2,(H,23,27)(H,24,26). The smallest absolute Gasteiger partial charge is 0.243 e. The second-order valence-corrected chi connectivity index (χ2v) is 10.5. The molecule has 30 heavy (non-hydrogen) atoms. The molecule has 9 heteroatoms. The summed E-state index contributed by atoms with van der Waals surface area (Å²) in [6.07, 6.45) is 6.83. The predicted octanol–water partition coefficient (Wildman–Crippen LogP) is 2.70. The highest BCUT2D eigenvalue weighted by molar-refractivity contribution is 7.89. The molecule has 2 N–H and O–H groups in total. The van der Waals surface area contributed by atoms with Gasteiger partial charge in [0.1, 0.15) is 0 Å². The molecule has 1 aromatic carbocycles. The first-order chi connectivity index (χ1) is 14.4. The average molecular weight is 456 g/mol. The average Bonchev–Trinajstić information content (AvgIpc) is 2.75. The molecule has 1 aliphatic carbocycles. The molecule has 1 aromatic rings. The van der Waals surface area contributed by atoms with Gasteiger partial charge >= 0.3 is 0 Å². The van der Waals surface area contributed by atoms with Crippen LogP contribution in [-0.2, 0) is 19.6 Å². The SMILES string of the molecule is O=C(CCNC(=O)C1CCN(S(=O)(=O)c2ccc(Cl)cc2)CC1)NC1CCCCC1. The van der Waals surface area contributed by atoms with Crippen molar-refractivity contribution in [2.24, 2.45) is 5.92 Å². The van der Waals surface area contributed by atoms with Crippen molar-refractivity contribution >= 4 is 33.4 Å². The molecule has 2 amide bonds. The quantitative estimate of drug-likeness (QED) is 0.660. The van der Waals surface area contributed by atoms with E-state index in [4.69, 9.17) is 11.6 Å². The van der Waals surface area contributed by atoms with Gasteiger partial charge in [0.2, 0.25) is 21.8 Å². The Hall–Kier alpha value is -1.64. The Bertz CT molecular complexity index is 830. The van der Waals surface area contributed by atoms with Gasteiger partial charge in [0.25, 0.3) is 0 Å². The van der Waals surface area contributed by atoms with Crippen LogP contribution in [0.4, 0.5) is 0 Å². The van der Waals surface area contributed by atoms with E-state index in [1.54, 1.807) is 12.1 Å². The van der Waals surface area contributed by atoms with Crippen LogP contribution < -0.4 is 10.6 Å². The molecule has 0 atom stereocenters. The van der Waals surface area contributed by atoms with E-state index < -0.39 is 10.0 Å². The summed E-state index contributed by atoms with van der Waals surface area (Å²) in [6.45, 7) is 0.900. The summed E-state index contributed by atoms with van der Waals surface area (Å²) < 4.78 is 26.9. The van der Waals surface area contributed by atoms with Crippen molar-refractivity contribution in [3.8, 4) is 0 Å². The van der Waals surface area contributed by atoms with Crippen LogP contribution in [0.2, 0.25) is 5.02 Å². The van der Waals surface area contributed by atoms with Crippen LogP contribution in [-0.4, -0.2) is 50.2 Å². The number of hydrogen-bond donors (Lipinski definition) is 2. The van der Waals surface area contributed by atoms with Gasteiger partial charge in [-0.25, -0.2) is 8.42 Å². The van der Waals surface area contributed by atoms with Gasteiger partial charge in [-0.2, -0.15) is 4.31 Å². The summed E-state index contributed by atoms with van der Waals surface area (Å²) in [5, 5.41) is 6.35. The van der Waals surface area contributed by atoms with Gasteiger partial charge in [-0.15, -0.1) is 0 Å². The van der Waals surface area contributed by atoms with Crippen LogP contribution in [0, 0.1) is 5.92 Å². The zero-order valence-corrected chi connectivity index (χ0v) is 18.7. The monoisotopic (exact) mass is 455 g/mol. The van der Waals surface area contributed by atoms with Gasteiger partial charge in [0.05, 0.1) is 4.90 Å². The first kappa shape index (κ1) is 23.0. The van der Waals surface area contributed by atoms with E-state index in [-0.39, 0.29) is 35.1 Å². The van der Waals surface area contributed by atoms with Crippen molar-refractivity contribution in [2.75, 3.05) is 19.6 Å². The second kappa shape index (κ2) is 10.6. The Morgan fingerprint density at radius 2 is 1.63 bits per heavy atom. The number of carbonyl (C=O) groups excluding carboxylic acids is 2. The molecule has 2 fully saturated rings. The lowest BCUT2D eigenvalue weighted by atomic mass is 9.95. The summed E-state index contributed by atoms with van der Waals surface area (Å²) in [7, 11) is -3.58. The number of piperidine rings is 1. The number of nitrogens with one attached hydrogen (secondary N) is 2. The number of halogens is 1. The van der Waals surface area contributed by atoms with E-state index in [2.05, 4.69) is 10.6 Å². The molecule has 1 aliphatic heterocycles. The van der Waals surface area contributed by atoms with Crippen molar-refractivity contribution in [3.05, 3.63) is 29.3 Å². The summed E-state index contributed by atoms with van der Waals surface area (Å²) in [4.78, 5) is 24.6. The Balaban J connectivity index is 1.39. The number of amides is 2. The first-order valence-corrected chi connectivity index (χ1v) is 12.5. The van der Waals surface area contributed by atoms with Crippen LogP contribution in [0.1, 0.15) is 51.4 Å². The molecule has 1 saturated heterocycles. The van der Waals surface area contributed by atoms with Crippen LogP contribution >= 0.6 is 11.6 Å². The predicted molar refractivity (Wildman–Crippen MR) is 116 cm³/mol. The summed E-state index contributed by atoms with van der Waals surface area (Å²) in [5.41, 5.74) is 0. The maximum Gasteiger partial charge on any atom is 0.243 e. The molecule has 0 spiro atoms. The van der Waals surface area contributed by atoms with E-state index in [9.17, 15) is 18.0 Å². The van der Waals surface area contributed by atoms with Crippen LogP contribution in [0.25, 0.3) is 0 Å². The Kier molecular flexibility index (Phi) is 8.13. The van der Waals surface area contributed by atoms with E-state index in [1.807, 2.05) is 0 Å². The van der Waals surface area contributed by atoms with Crippen LogP contribution in [0.3, 0.4) is 0 Å². The molecule has 0 radical (unpaired) electrons. The van der Waals surface area contributed by atoms with Gasteiger partial charge < -0.3 is 10.6 Å². The number of benzene rings is 1. The molecule has 166 valence electrons. The Labute approximate surface area is 183 Å². The fraction of sp³-hybridized carbons (Fsp3) is 0.619. The third-order valence-electron chi connectivity index (χ3n) is 5.90. The Morgan fingerprint density at radius 3 is 2.27 bits per heavy atom. The molecule has 0 bridgehead atoms. The molecule has 3 rings (SSSR count). The molecule has 1 saturated carbocycles. The highest BCUT2D eigenvalue weighted by Crippen LogP contribution is 2.25. The maximum atomic E-state index is 12.7. The first-order valence-electron chi connectivity index (χ1n) is 10.7. The minimum absolute atomic E-state index is 0.0222. The number of hydrogen-bond acceptors (Lipinski definition) is 4. The third-order valence-corrected chi connectivity index (χ3v) is 8.06. The summed E-state index contributed by atoms with van der Waals surface area (Å²) in [5.74, 6) is -0.363. The highest BCUT2D eigenvalue weighted by Gasteiger charge is 2.32. The normalized spacial score (nSPS) is 19.4. The molecule has 2 aliphatic rings. The van der Waals surface area contributed by atoms with E-state index in [0.717, 1.165) is 25.7 Å². The maximum absolute atomic E-state index is 12.7. The second-order valence-electron chi connectivity index (χ2n) is 8.08. The van der Waals surface area contributed by atoms with Crippen molar-refractivity contribution in [3.63, 3.8) is 0 Å². The van der Waals surface area contributed by atoms with E-state index in [0.29, 0.717) is 37.5 Å². The Morgan fingerprint density at radius 1 is 1.00 bits per heavy atom. The summed E-state index contributed by atoms with van der Waals surface area (Å²) >= 11 is 5.83. The fourth-order valence-electron chi connectivity index (χ4n) is 4.10. The lowest BCUT2D eigenvalue weighted by Gasteiger charge is -2.30. The minimum Gasteiger partial charge on any atom is -0.355 e. The van der Waals surface area contributed by atoms with E-state index in [1.165, 1.54) is 22.9 Å². The van der Waals surface area contributed by atoms with Crippen molar-refractivity contribution < 1.29 is 18.0 Å². The van der Waals surface area contributed by atoms with Crippen molar-refractivity contribution in [1.29, 1.82) is 0 Å². The summed E-state index contributed by atoms with van der Waals surface area (Å²) in [6, 6.07) is 6.37. The molecular formula is C21H30ClN3O4S. The van der Waals surface area contributed by atoms with Gasteiger partial charge in [-0.05, 0) is 49.9 Å². The van der Waals surface area contributed by atoms with Gasteiger partial charge in [-0.1, -0.05) is 30.9 Å². The lowest BCUT2D eigenvalue weighted by Crippen LogP contribution is -2.43. The van der Waals surface area contributed by atoms with Crippen molar-refractivity contribution in [2.45, 2.75) is 62.3 Å². The van der Waals surface area contributed by atoms with Gasteiger partial charge in [0.15, 0.2) is 0 Å². The van der Waals surface area contributed by atoms with E-state index >= 15 is 0 Å². The van der Waals surface area contributed by atoms with Crippen LogP contribution in [0.5, 0.6) is 0 Å². The molecule has 0 aromatic heterocycles. The van der Waals surface area contributed by atoms with Gasteiger partial charge in [-0.3, -0.25) is 9.59 Å². The number of rotatable bonds is 7. The van der Waals surface area contributed by atoms with Gasteiger partial charge in [0, 0.05) is 43.0 Å². The number of sulfonamides is 1. The zero-order valence-electron chi connectivity index (χ0n) is 17.1. The molecule has 1 heterocycles. The minimum atomic E-state index is -3.58. The van der Waals surface area contributed by atoms with Crippen molar-refractivity contribution in [1.82, 2.24) is 14.9 Å². The molecule has 0 unspecified atom stereocenters. The lowest BCUT2D eigenvalue weighted by molar-refractivity contribution is -0.126. The zero-order chi connectivity index (χ0) is 21.6. The highest BCUT2D eigenvalue weighted by atomic mass is 35.5.